The lowest BCUT2D eigenvalue weighted by Gasteiger charge is -2.11. The van der Waals surface area contributed by atoms with Gasteiger partial charge in [0.1, 0.15) is 11.6 Å². The maximum absolute atomic E-state index is 12.5. The largest absolute Gasteiger partial charge is 0.484 e. The van der Waals surface area contributed by atoms with E-state index in [1.807, 2.05) is 25.1 Å². The van der Waals surface area contributed by atoms with E-state index in [1.54, 1.807) is 45.3 Å². The van der Waals surface area contributed by atoms with Crippen LogP contribution in [0.15, 0.2) is 47.6 Å². The monoisotopic (exact) mass is 421 g/mol. The Hall–Kier alpha value is -3.68. The van der Waals surface area contributed by atoms with Gasteiger partial charge in [-0.1, -0.05) is 0 Å². The van der Waals surface area contributed by atoms with E-state index in [4.69, 9.17) is 4.74 Å². The number of benzene rings is 2. The molecule has 0 bridgehead atoms. The number of aryl methyl sites for hydroxylation is 2. The molecule has 2 aromatic carbocycles. The number of nitrogens with one attached hydrogen (secondary N) is 1. The number of ether oxygens (including phenoxy) is 1. The van der Waals surface area contributed by atoms with E-state index in [0.717, 1.165) is 29.0 Å². The Morgan fingerprint density at radius 2 is 1.81 bits per heavy atom. The number of hydrogen-bond acceptors (Lipinski definition) is 5. The number of hydrogen-bond donors (Lipinski definition) is 1. The number of carbonyl (C=O) groups is 2. The average Bonchev–Trinajstić information content (AvgIpc) is 3.09. The molecule has 0 saturated carbocycles. The summed E-state index contributed by atoms with van der Waals surface area (Å²) in [5, 5.41) is 4.21. The molecule has 8 heteroatoms. The second-order valence-electron chi connectivity index (χ2n) is 7.35. The minimum atomic E-state index is -0.299. The minimum Gasteiger partial charge on any atom is -0.484 e. The van der Waals surface area contributed by atoms with Crippen molar-refractivity contribution in [2.75, 3.05) is 20.7 Å². The van der Waals surface area contributed by atoms with Gasteiger partial charge in [0, 0.05) is 26.2 Å². The smallest absolute Gasteiger partial charge is 0.271 e. The van der Waals surface area contributed by atoms with Gasteiger partial charge in [0.2, 0.25) is 0 Å². The van der Waals surface area contributed by atoms with Crippen LogP contribution in [0.25, 0.3) is 11.0 Å². The molecule has 1 N–H and O–H groups in total. The molecule has 0 aliphatic heterocycles. The molecular weight excluding hydrogens is 394 g/mol. The van der Waals surface area contributed by atoms with Gasteiger partial charge < -0.3 is 14.2 Å². The van der Waals surface area contributed by atoms with E-state index in [1.165, 1.54) is 4.90 Å². The van der Waals surface area contributed by atoms with Gasteiger partial charge in [-0.25, -0.2) is 10.4 Å². The molecule has 162 valence electrons. The summed E-state index contributed by atoms with van der Waals surface area (Å²) in [7, 11) is 3.36. The van der Waals surface area contributed by atoms with Crippen molar-refractivity contribution in [2.45, 2.75) is 27.3 Å². The van der Waals surface area contributed by atoms with E-state index in [9.17, 15) is 9.59 Å². The number of carbonyl (C=O) groups excluding carboxylic acids is 2. The third-order valence-electron chi connectivity index (χ3n) is 4.98. The molecule has 0 unspecified atom stereocenters. The van der Waals surface area contributed by atoms with Crippen LogP contribution < -0.4 is 10.2 Å². The van der Waals surface area contributed by atoms with Crippen LogP contribution in [-0.2, 0) is 11.3 Å². The summed E-state index contributed by atoms with van der Waals surface area (Å²) in [5.41, 5.74) is 6.37. The lowest BCUT2D eigenvalue weighted by molar-refractivity contribution is -0.130. The van der Waals surface area contributed by atoms with E-state index in [-0.39, 0.29) is 18.4 Å². The Morgan fingerprint density at radius 1 is 1.13 bits per heavy atom. The van der Waals surface area contributed by atoms with Crippen LogP contribution in [0.3, 0.4) is 0 Å². The van der Waals surface area contributed by atoms with Crippen molar-refractivity contribution in [1.29, 1.82) is 0 Å². The van der Waals surface area contributed by atoms with Crippen molar-refractivity contribution in [3.05, 3.63) is 59.4 Å². The molecule has 0 fully saturated rings. The van der Waals surface area contributed by atoms with Crippen molar-refractivity contribution >= 4 is 28.6 Å². The third kappa shape index (κ3) is 5.09. The van der Waals surface area contributed by atoms with Crippen LogP contribution >= 0.6 is 0 Å². The zero-order valence-electron chi connectivity index (χ0n) is 18.5. The topological polar surface area (TPSA) is 88.8 Å². The van der Waals surface area contributed by atoms with Crippen LogP contribution in [0.5, 0.6) is 5.75 Å². The highest BCUT2D eigenvalue weighted by atomic mass is 16.5. The fourth-order valence-electron chi connectivity index (χ4n) is 3.12. The van der Waals surface area contributed by atoms with Gasteiger partial charge in [-0.15, -0.1) is 0 Å². The van der Waals surface area contributed by atoms with Gasteiger partial charge >= 0.3 is 0 Å². The molecule has 8 nitrogen and oxygen atoms in total. The van der Waals surface area contributed by atoms with Crippen LogP contribution in [0.1, 0.15) is 35.6 Å². The number of rotatable bonds is 7. The summed E-state index contributed by atoms with van der Waals surface area (Å²) in [6, 6.07) is 12.6. The fraction of sp³-hybridized carbons (Fsp3) is 0.304. The molecule has 0 aliphatic rings. The quantitative estimate of drug-likeness (QED) is 0.469. The highest BCUT2D eigenvalue weighted by Gasteiger charge is 2.11. The first-order valence-electron chi connectivity index (χ1n) is 10.0. The molecule has 0 aliphatic carbocycles. The molecule has 0 spiro atoms. The molecule has 1 aromatic heterocycles. The summed E-state index contributed by atoms with van der Waals surface area (Å²) >= 11 is 0. The average molecular weight is 422 g/mol. The summed E-state index contributed by atoms with van der Waals surface area (Å²) in [6.07, 6.45) is 0. The number of aromatic nitrogens is 2. The molecule has 1 heterocycles. The maximum atomic E-state index is 12.5. The van der Waals surface area contributed by atoms with Crippen LogP contribution in [-0.4, -0.2) is 52.7 Å². The molecule has 0 saturated heterocycles. The SMILES string of the molecule is CCn1c(C)nc2cc(C(=O)N/N=C(/C)c3ccc(OCC(=O)N(C)C)cc3)ccc21. The Morgan fingerprint density at radius 3 is 2.45 bits per heavy atom. The molecule has 0 radical (unpaired) electrons. The first-order chi connectivity index (χ1) is 14.8. The predicted octanol–water partition coefficient (Wildman–Crippen LogP) is 2.99. The lowest BCUT2D eigenvalue weighted by atomic mass is 10.1. The minimum absolute atomic E-state index is 0.0180. The van der Waals surface area contributed by atoms with Crippen molar-refractivity contribution < 1.29 is 14.3 Å². The number of imidazole rings is 1. The Balaban J connectivity index is 1.65. The Bertz CT molecular complexity index is 1130. The maximum Gasteiger partial charge on any atom is 0.271 e. The van der Waals surface area contributed by atoms with Gasteiger partial charge in [-0.05, 0) is 68.8 Å². The predicted molar refractivity (Wildman–Crippen MR) is 120 cm³/mol. The van der Waals surface area contributed by atoms with E-state index >= 15 is 0 Å². The zero-order valence-corrected chi connectivity index (χ0v) is 18.5. The van der Waals surface area contributed by atoms with Gasteiger partial charge in [0.25, 0.3) is 11.8 Å². The standard InChI is InChI=1S/C23H27N5O3/c1-6-28-16(3)24-20-13-18(9-12-21(20)28)23(30)26-25-15(2)17-7-10-19(11-8-17)31-14-22(29)27(4)5/h7-13H,6,14H2,1-5H3,(H,26,30)/b25-15-. The number of fused-ring (bicyclic) bond motifs is 1. The van der Waals surface area contributed by atoms with Gasteiger partial charge in [0.15, 0.2) is 6.61 Å². The fourth-order valence-corrected chi connectivity index (χ4v) is 3.12. The van der Waals surface area contributed by atoms with Crippen molar-refractivity contribution in [2.24, 2.45) is 5.10 Å². The molecule has 3 rings (SSSR count). The first kappa shape index (κ1) is 22.0. The number of amides is 2. The van der Waals surface area contributed by atoms with Crippen molar-refractivity contribution in [1.82, 2.24) is 19.9 Å². The lowest BCUT2D eigenvalue weighted by Crippen LogP contribution is -2.27. The summed E-state index contributed by atoms with van der Waals surface area (Å²) in [5.74, 6) is 1.10. The molecule has 31 heavy (non-hydrogen) atoms. The van der Waals surface area contributed by atoms with Gasteiger partial charge in [0.05, 0.1) is 16.7 Å². The number of hydrazone groups is 1. The number of likely N-dealkylation sites (N-methyl/N-ethyl adjacent to an activating group) is 1. The molecule has 3 aromatic rings. The van der Waals surface area contributed by atoms with Gasteiger partial charge in [-0.3, -0.25) is 9.59 Å². The highest BCUT2D eigenvalue weighted by Crippen LogP contribution is 2.18. The Kier molecular flexibility index (Phi) is 6.69. The van der Waals surface area contributed by atoms with Crippen LogP contribution in [0.4, 0.5) is 0 Å². The zero-order chi connectivity index (χ0) is 22.5. The van der Waals surface area contributed by atoms with Crippen LogP contribution in [0, 0.1) is 6.92 Å². The normalized spacial score (nSPS) is 11.5. The second-order valence-corrected chi connectivity index (χ2v) is 7.35. The molecular formula is C23H27N5O3. The summed E-state index contributed by atoms with van der Waals surface area (Å²) in [4.78, 5) is 30.1. The third-order valence-corrected chi connectivity index (χ3v) is 4.98. The van der Waals surface area contributed by atoms with Crippen molar-refractivity contribution in [3.63, 3.8) is 0 Å². The highest BCUT2D eigenvalue weighted by molar-refractivity contribution is 6.01. The van der Waals surface area contributed by atoms with E-state index in [0.29, 0.717) is 17.0 Å². The molecule has 0 atom stereocenters. The van der Waals surface area contributed by atoms with Crippen molar-refractivity contribution in [3.8, 4) is 5.75 Å². The van der Waals surface area contributed by atoms with E-state index in [2.05, 4.69) is 27.0 Å². The summed E-state index contributed by atoms with van der Waals surface area (Å²) < 4.78 is 7.57. The second kappa shape index (κ2) is 9.42. The molecule has 2 amide bonds. The first-order valence-corrected chi connectivity index (χ1v) is 10.0. The summed E-state index contributed by atoms with van der Waals surface area (Å²) in [6.45, 7) is 6.63. The van der Waals surface area contributed by atoms with Gasteiger partial charge in [-0.2, -0.15) is 5.10 Å². The number of nitrogens with zero attached hydrogens (tertiary/aromatic N) is 4. The van der Waals surface area contributed by atoms with Crippen LogP contribution in [0.2, 0.25) is 0 Å². The Labute approximate surface area is 181 Å². The van der Waals surface area contributed by atoms with E-state index < -0.39 is 0 Å².